The maximum absolute atomic E-state index is 12.6. The van der Waals surface area contributed by atoms with Crippen molar-refractivity contribution < 1.29 is 14.5 Å². The lowest BCUT2D eigenvalue weighted by Gasteiger charge is -2.05. The van der Waals surface area contributed by atoms with E-state index in [4.69, 9.17) is 4.74 Å². The number of nitro groups is 1. The molecule has 8 heteroatoms. The van der Waals surface area contributed by atoms with Gasteiger partial charge in [-0.25, -0.2) is 0 Å². The van der Waals surface area contributed by atoms with Crippen molar-refractivity contribution in [2.75, 3.05) is 6.61 Å². The van der Waals surface area contributed by atoms with Crippen LogP contribution in [0.25, 0.3) is 10.2 Å². The molecular formula is C21H21N3O4S. The van der Waals surface area contributed by atoms with Crippen molar-refractivity contribution >= 4 is 33.1 Å². The summed E-state index contributed by atoms with van der Waals surface area (Å²) in [7, 11) is 0. The molecule has 150 valence electrons. The van der Waals surface area contributed by atoms with Gasteiger partial charge < -0.3 is 9.30 Å². The number of nitrogens with zero attached hydrogens (tertiary/aromatic N) is 3. The third-order valence-electron chi connectivity index (χ3n) is 4.25. The molecule has 0 fully saturated rings. The van der Waals surface area contributed by atoms with Crippen LogP contribution >= 0.6 is 11.3 Å². The van der Waals surface area contributed by atoms with Gasteiger partial charge in [-0.1, -0.05) is 30.8 Å². The first-order chi connectivity index (χ1) is 14.0. The number of allylic oxidation sites excluding steroid dienone is 1. The minimum atomic E-state index is -0.443. The molecule has 1 aromatic heterocycles. The van der Waals surface area contributed by atoms with E-state index in [-0.39, 0.29) is 11.6 Å². The number of unbranched alkanes of at least 4 members (excludes halogenated alkanes) is 1. The summed E-state index contributed by atoms with van der Waals surface area (Å²) in [6.45, 7) is 6.85. The summed E-state index contributed by atoms with van der Waals surface area (Å²) < 4.78 is 8.17. The van der Waals surface area contributed by atoms with Gasteiger partial charge in [-0.2, -0.15) is 4.99 Å². The Bertz CT molecular complexity index is 1110. The number of rotatable bonds is 8. The van der Waals surface area contributed by atoms with Crippen molar-refractivity contribution in [2.45, 2.75) is 26.3 Å². The van der Waals surface area contributed by atoms with Crippen molar-refractivity contribution in [2.24, 2.45) is 4.99 Å². The zero-order valence-electron chi connectivity index (χ0n) is 16.0. The van der Waals surface area contributed by atoms with Gasteiger partial charge in [-0.15, -0.1) is 6.58 Å². The summed E-state index contributed by atoms with van der Waals surface area (Å²) >= 11 is 1.30. The van der Waals surface area contributed by atoms with Gasteiger partial charge in [0.1, 0.15) is 5.75 Å². The molecule has 3 aromatic rings. The number of amides is 1. The van der Waals surface area contributed by atoms with Gasteiger partial charge >= 0.3 is 0 Å². The summed E-state index contributed by atoms with van der Waals surface area (Å²) in [5.41, 5.74) is 1.08. The molecule has 7 nitrogen and oxygen atoms in total. The van der Waals surface area contributed by atoms with Crippen LogP contribution in [-0.2, 0) is 6.54 Å². The van der Waals surface area contributed by atoms with Gasteiger partial charge in [0.05, 0.1) is 21.7 Å². The molecule has 0 radical (unpaired) electrons. The highest BCUT2D eigenvalue weighted by atomic mass is 32.1. The number of aromatic nitrogens is 1. The molecule has 3 rings (SSSR count). The molecule has 1 amide bonds. The predicted molar refractivity (Wildman–Crippen MR) is 113 cm³/mol. The van der Waals surface area contributed by atoms with Gasteiger partial charge in [0.25, 0.3) is 11.6 Å². The molecule has 0 bridgehead atoms. The lowest BCUT2D eigenvalue weighted by Crippen LogP contribution is -2.16. The van der Waals surface area contributed by atoms with Crippen LogP contribution in [0.4, 0.5) is 5.69 Å². The monoisotopic (exact) mass is 411 g/mol. The van der Waals surface area contributed by atoms with Crippen LogP contribution < -0.4 is 9.54 Å². The molecule has 0 saturated heterocycles. The number of non-ortho nitro benzene ring substituents is 1. The van der Waals surface area contributed by atoms with E-state index in [2.05, 4.69) is 18.5 Å². The Balaban J connectivity index is 1.94. The number of thiazole rings is 1. The molecular weight excluding hydrogens is 390 g/mol. The largest absolute Gasteiger partial charge is 0.494 e. The molecule has 29 heavy (non-hydrogen) atoms. The van der Waals surface area contributed by atoms with Crippen molar-refractivity contribution in [1.29, 1.82) is 0 Å². The Morgan fingerprint density at radius 3 is 2.72 bits per heavy atom. The van der Waals surface area contributed by atoms with E-state index < -0.39 is 4.92 Å². The smallest absolute Gasteiger partial charge is 0.279 e. The number of hydrogen-bond acceptors (Lipinski definition) is 5. The molecule has 0 atom stereocenters. The highest BCUT2D eigenvalue weighted by molar-refractivity contribution is 7.16. The number of fused-ring (bicyclic) bond motifs is 1. The summed E-state index contributed by atoms with van der Waals surface area (Å²) in [4.78, 5) is 28.0. The van der Waals surface area contributed by atoms with Crippen LogP contribution in [0, 0.1) is 10.1 Å². The third-order valence-corrected chi connectivity index (χ3v) is 5.31. The summed E-state index contributed by atoms with van der Waals surface area (Å²) in [6, 6.07) is 11.5. The first-order valence-electron chi connectivity index (χ1n) is 9.24. The molecule has 0 aliphatic rings. The normalized spacial score (nSPS) is 11.6. The Hall–Kier alpha value is -3.26. The molecule has 0 aliphatic heterocycles. The van der Waals surface area contributed by atoms with Crippen molar-refractivity contribution in [3.63, 3.8) is 0 Å². The molecule has 1 heterocycles. The second-order valence-electron chi connectivity index (χ2n) is 6.34. The fourth-order valence-corrected chi connectivity index (χ4v) is 3.76. The average Bonchev–Trinajstić information content (AvgIpc) is 3.05. The maximum atomic E-state index is 12.6. The second kappa shape index (κ2) is 9.29. The predicted octanol–water partition coefficient (Wildman–Crippen LogP) is 4.72. The third kappa shape index (κ3) is 4.78. The second-order valence-corrected chi connectivity index (χ2v) is 7.35. The van der Waals surface area contributed by atoms with E-state index in [9.17, 15) is 14.9 Å². The fraction of sp³-hybridized carbons (Fsp3) is 0.238. The molecule has 0 aliphatic carbocycles. The van der Waals surface area contributed by atoms with E-state index in [1.165, 1.54) is 23.5 Å². The van der Waals surface area contributed by atoms with Gasteiger partial charge in [-0.3, -0.25) is 14.9 Å². The standard InChI is InChI=1S/C21H21N3O4S/c1-3-5-13-28-17-9-6-15(7-10-17)20(25)22-21-23(12-4-2)18-14-16(24(26)27)8-11-19(18)29-21/h4,6-11,14H,2-3,5,12-13H2,1H3. The number of hydrogen-bond donors (Lipinski definition) is 0. The van der Waals surface area contributed by atoms with Crippen LogP contribution in [0.5, 0.6) is 5.75 Å². The van der Waals surface area contributed by atoms with E-state index in [0.717, 1.165) is 17.5 Å². The number of carbonyl (C=O) groups is 1. The summed E-state index contributed by atoms with van der Waals surface area (Å²) in [5.74, 6) is 0.329. The maximum Gasteiger partial charge on any atom is 0.279 e. The van der Waals surface area contributed by atoms with Gasteiger partial charge in [0.2, 0.25) is 0 Å². The lowest BCUT2D eigenvalue weighted by molar-refractivity contribution is -0.384. The molecule has 0 unspecified atom stereocenters. The molecule has 0 spiro atoms. The van der Waals surface area contributed by atoms with E-state index in [0.29, 0.717) is 34.8 Å². The van der Waals surface area contributed by atoms with E-state index in [1.54, 1.807) is 41.0 Å². The first-order valence-corrected chi connectivity index (χ1v) is 10.1. The number of benzene rings is 2. The SMILES string of the molecule is C=CCn1c(=NC(=O)c2ccc(OCCCC)cc2)sc2ccc([N+](=O)[O-])cc21. The Labute approximate surface area is 171 Å². The van der Waals surface area contributed by atoms with Gasteiger partial charge in [0, 0.05) is 24.2 Å². The number of nitro benzene ring substituents is 1. The quantitative estimate of drug-likeness (QED) is 0.232. The van der Waals surface area contributed by atoms with Crippen LogP contribution in [0.1, 0.15) is 30.1 Å². The Morgan fingerprint density at radius 1 is 1.31 bits per heavy atom. The van der Waals surface area contributed by atoms with Crippen LogP contribution in [-0.4, -0.2) is 22.0 Å². The van der Waals surface area contributed by atoms with Crippen molar-refractivity contribution in [3.8, 4) is 5.75 Å². The lowest BCUT2D eigenvalue weighted by atomic mass is 10.2. The van der Waals surface area contributed by atoms with Crippen molar-refractivity contribution in [3.05, 3.63) is 75.6 Å². The molecule has 0 N–H and O–H groups in total. The minimum absolute atomic E-state index is 0.00958. The zero-order valence-corrected chi connectivity index (χ0v) is 16.9. The Kier molecular flexibility index (Phi) is 6.56. The van der Waals surface area contributed by atoms with Gasteiger partial charge in [-0.05, 0) is 36.8 Å². The summed E-state index contributed by atoms with van der Waals surface area (Å²) in [5, 5.41) is 11.1. The van der Waals surface area contributed by atoms with Crippen LogP contribution in [0.15, 0.2) is 60.1 Å². The first kappa shape index (κ1) is 20.5. The zero-order chi connectivity index (χ0) is 20.8. The fourth-order valence-electron chi connectivity index (χ4n) is 2.74. The topological polar surface area (TPSA) is 86.7 Å². The van der Waals surface area contributed by atoms with Crippen molar-refractivity contribution in [1.82, 2.24) is 4.57 Å². The number of carbonyl (C=O) groups excluding carboxylic acids is 1. The van der Waals surface area contributed by atoms with E-state index in [1.807, 2.05) is 0 Å². The molecule has 0 saturated carbocycles. The highest BCUT2D eigenvalue weighted by Gasteiger charge is 2.13. The Morgan fingerprint density at radius 2 is 2.07 bits per heavy atom. The number of ether oxygens (including phenoxy) is 1. The van der Waals surface area contributed by atoms with Gasteiger partial charge in [0.15, 0.2) is 4.80 Å². The summed E-state index contributed by atoms with van der Waals surface area (Å²) in [6.07, 6.45) is 3.69. The minimum Gasteiger partial charge on any atom is -0.494 e. The highest BCUT2D eigenvalue weighted by Crippen LogP contribution is 2.23. The average molecular weight is 411 g/mol. The van der Waals surface area contributed by atoms with E-state index >= 15 is 0 Å². The molecule has 2 aromatic carbocycles. The van der Waals surface area contributed by atoms with Crippen LogP contribution in [0.3, 0.4) is 0 Å². The van der Waals surface area contributed by atoms with Crippen LogP contribution in [0.2, 0.25) is 0 Å².